The van der Waals surface area contributed by atoms with Gasteiger partial charge in [0.1, 0.15) is 12.4 Å². The minimum Gasteiger partial charge on any atom is -0.507 e. The topological polar surface area (TPSA) is 46.5 Å². The highest BCUT2D eigenvalue weighted by Crippen LogP contribution is 2.25. The summed E-state index contributed by atoms with van der Waals surface area (Å²) in [6.07, 6.45) is 3.89. The molecule has 0 heterocycles. The molecule has 23 heavy (non-hydrogen) atoms. The Morgan fingerprint density at radius 3 is 2.48 bits per heavy atom. The normalized spacial score (nSPS) is 11.1. The van der Waals surface area contributed by atoms with Crippen molar-refractivity contribution in [2.75, 3.05) is 0 Å². The molecule has 0 atom stereocenters. The minimum atomic E-state index is -0.428. The van der Waals surface area contributed by atoms with Crippen molar-refractivity contribution in [3.63, 3.8) is 0 Å². The van der Waals surface area contributed by atoms with E-state index in [1.807, 2.05) is 42.5 Å². The zero-order valence-corrected chi connectivity index (χ0v) is 13.5. The van der Waals surface area contributed by atoms with Crippen LogP contribution >= 0.6 is 0 Å². The first kappa shape index (κ1) is 16.8. The molecule has 3 nitrogen and oxygen atoms in total. The summed E-state index contributed by atoms with van der Waals surface area (Å²) >= 11 is 0. The van der Waals surface area contributed by atoms with E-state index in [1.165, 1.54) is 6.08 Å². The molecule has 0 unspecified atom stereocenters. The van der Waals surface area contributed by atoms with Crippen LogP contribution in [0.2, 0.25) is 0 Å². The van der Waals surface area contributed by atoms with Crippen molar-refractivity contribution in [1.82, 2.24) is 0 Å². The van der Waals surface area contributed by atoms with E-state index in [9.17, 15) is 9.90 Å². The van der Waals surface area contributed by atoms with Crippen LogP contribution in [0, 0.1) is 5.92 Å². The van der Waals surface area contributed by atoms with Crippen molar-refractivity contribution in [3.05, 3.63) is 71.3 Å². The molecule has 0 aromatic heterocycles. The monoisotopic (exact) mass is 310 g/mol. The van der Waals surface area contributed by atoms with Crippen LogP contribution in [0.5, 0.6) is 5.75 Å². The molecule has 0 saturated carbocycles. The van der Waals surface area contributed by atoms with Gasteiger partial charge in [-0.15, -0.1) is 0 Å². The first-order valence-corrected chi connectivity index (χ1v) is 7.76. The summed E-state index contributed by atoms with van der Waals surface area (Å²) in [6.45, 7) is 4.26. The highest BCUT2D eigenvalue weighted by atomic mass is 16.5. The predicted octanol–water partition coefficient (Wildman–Crippen LogP) is 4.35. The third kappa shape index (κ3) is 5.29. The summed E-state index contributed by atoms with van der Waals surface area (Å²) in [5.74, 6) is 0.246. The number of ether oxygens (including phenoxy) is 1. The van der Waals surface area contributed by atoms with Crippen LogP contribution < -0.4 is 0 Å². The molecule has 3 heteroatoms. The van der Waals surface area contributed by atoms with E-state index in [4.69, 9.17) is 4.74 Å². The largest absolute Gasteiger partial charge is 0.507 e. The molecule has 0 aliphatic rings. The van der Waals surface area contributed by atoms with Gasteiger partial charge in [0.05, 0.1) is 0 Å². The van der Waals surface area contributed by atoms with Crippen LogP contribution in [-0.2, 0) is 22.6 Å². The molecule has 0 bridgehead atoms. The zero-order chi connectivity index (χ0) is 16.7. The molecule has 0 amide bonds. The van der Waals surface area contributed by atoms with Gasteiger partial charge in [0.15, 0.2) is 0 Å². The minimum absolute atomic E-state index is 0.0652. The number of para-hydroxylation sites is 1. The number of carbonyl (C=O) groups excluding carboxylic acids is 1. The van der Waals surface area contributed by atoms with Gasteiger partial charge in [0.25, 0.3) is 0 Å². The van der Waals surface area contributed by atoms with Gasteiger partial charge in [-0.1, -0.05) is 62.4 Å². The Bertz CT molecular complexity index is 673. The van der Waals surface area contributed by atoms with E-state index in [2.05, 4.69) is 13.8 Å². The number of aromatic hydroxyl groups is 1. The number of phenols is 1. The van der Waals surface area contributed by atoms with Gasteiger partial charge in [-0.2, -0.15) is 0 Å². The zero-order valence-electron chi connectivity index (χ0n) is 13.5. The van der Waals surface area contributed by atoms with Gasteiger partial charge in [-0.05, 0) is 29.5 Å². The Balaban J connectivity index is 1.95. The molecule has 0 spiro atoms. The van der Waals surface area contributed by atoms with Crippen LogP contribution in [-0.4, -0.2) is 11.1 Å². The third-order valence-corrected chi connectivity index (χ3v) is 3.41. The van der Waals surface area contributed by atoms with Crippen molar-refractivity contribution in [2.45, 2.75) is 26.9 Å². The Hall–Kier alpha value is -2.55. The van der Waals surface area contributed by atoms with Crippen LogP contribution in [0.3, 0.4) is 0 Å². The Kier molecular flexibility index (Phi) is 5.98. The van der Waals surface area contributed by atoms with E-state index in [0.717, 1.165) is 17.5 Å². The van der Waals surface area contributed by atoms with Gasteiger partial charge in [-0.25, -0.2) is 4.79 Å². The fourth-order valence-corrected chi connectivity index (χ4v) is 2.29. The molecule has 120 valence electrons. The number of hydrogen-bond acceptors (Lipinski definition) is 3. The molecular weight excluding hydrogens is 288 g/mol. The van der Waals surface area contributed by atoms with E-state index >= 15 is 0 Å². The average Bonchev–Trinajstić information content (AvgIpc) is 2.54. The number of carbonyl (C=O) groups is 1. The molecule has 2 aromatic carbocycles. The summed E-state index contributed by atoms with van der Waals surface area (Å²) in [6, 6.07) is 15.1. The number of benzene rings is 2. The fourth-order valence-electron chi connectivity index (χ4n) is 2.29. The molecule has 0 saturated heterocycles. The fraction of sp³-hybridized carbons (Fsp3) is 0.250. The van der Waals surface area contributed by atoms with Crippen molar-refractivity contribution in [3.8, 4) is 5.75 Å². The Morgan fingerprint density at radius 2 is 1.78 bits per heavy atom. The third-order valence-electron chi connectivity index (χ3n) is 3.41. The number of rotatable bonds is 6. The van der Waals surface area contributed by atoms with E-state index in [1.54, 1.807) is 12.1 Å². The standard InChI is InChI=1S/C20H22O3/c1-15(2)13-17-9-6-10-18(20(17)22)14-23-19(21)12-11-16-7-4-3-5-8-16/h3-12,15,22H,13-14H2,1-2H3/b12-11+. The molecule has 2 aromatic rings. The van der Waals surface area contributed by atoms with Crippen LogP contribution in [0.4, 0.5) is 0 Å². The maximum atomic E-state index is 11.8. The van der Waals surface area contributed by atoms with E-state index in [-0.39, 0.29) is 12.4 Å². The van der Waals surface area contributed by atoms with Gasteiger partial charge in [0, 0.05) is 11.6 Å². The molecule has 0 aliphatic heterocycles. The summed E-state index contributed by atoms with van der Waals surface area (Å²) in [4.78, 5) is 11.8. The lowest BCUT2D eigenvalue weighted by Crippen LogP contribution is -2.02. The van der Waals surface area contributed by atoms with E-state index < -0.39 is 5.97 Å². The summed E-state index contributed by atoms with van der Waals surface area (Å²) in [5, 5.41) is 10.2. The second kappa shape index (κ2) is 8.18. The SMILES string of the molecule is CC(C)Cc1cccc(COC(=O)/C=C/c2ccccc2)c1O. The van der Waals surface area contributed by atoms with Gasteiger partial charge >= 0.3 is 5.97 Å². The quantitative estimate of drug-likeness (QED) is 0.637. The highest BCUT2D eigenvalue weighted by Gasteiger charge is 2.09. The molecule has 0 aliphatic carbocycles. The number of phenolic OH excluding ortho intramolecular Hbond substituents is 1. The molecule has 0 radical (unpaired) electrons. The average molecular weight is 310 g/mol. The Labute approximate surface area is 137 Å². The lowest BCUT2D eigenvalue weighted by Gasteiger charge is -2.11. The summed E-state index contributed by atoms with van der Waals surface area (Å²) in [5.41, 5.74) is 2.45. The van der Waals surface area contributed by atoms with Gasteiger partial charge < -0.3 is 9.84 Å². The maximum Gasteiger partial charge on any atom is 0.331 e. The highest BCUT2D eigenvalue weighted by molar-refractivity contribution is 5.87. The Morgan fingerprint density at radius 1 is 1.09 bits per heavy atom. The molecular formula is C20H22O3. The first-order chi connectivity index (χ1) is 11.1. The summed E-state index contributed by atoms with van der Waals surface area (Å²) < 4.78 is 5.20. The van der Waals surface area contributed by atoms with Crippen LogP contribution in [0.15, 0.2) is 54.6 Å². The molecule has 0 fully saturated rings. The smallest absolute Gasteiger partial charge is 0.331 e. The summed E-state index contributed by atoms with van der Waals surface area (Å²) in [7, 11) is 0. The molecule has 2 rings (SSSR count). The van der Waals surface area contributed by atoms with E-state index in [0.29, 0.717) is 11.5 Å². The lowest BCUT2D eigenvalue weighted by molar-refractivity contribution is -0.138. The maximum absolute atomic E-state index is 11.8. The predicted molar refractivity (Wildman–Crippen MR) is 91.9 cm³/mol. The van der Waals surface area contributed by atoms with Crippen molar-refractivity contribution in [2.24, 2.45) is 5.92 Å². The molecule has 1 N–H and O–H groups in total. The first-order valence-electron chi connectivity index (χ1n) is 7.76. The van der Waals surface area contributed by atoms with Gasteiger partial charge in [0.2, 0.25) is 0 Å². The van der Waals surface area contributed by atoms with Crippen molar-refractivity contribution < 1.29 is 14.6 Å². The van der Waals surface area contributed by atoms with Crippen LogP contribution in [0.25, 0.3) is 6.08 Å². The van der Waals surface area contributed by atoms with Crippen molar-refractivity contribution >= 4 is 12.0 Å². The lowest BCUT2D eigenvalue weighted by atomic mass is 10.00. The number of esters is 1. The second-order valence-electron chi connectivity index (χ2n) is 5.87. The van der Waals surface area contributed by atoms with Crippen molar-refractivity contribution in [1.29, 1.82) is 0 Å². The van der Waals surface area contributed by atoms with Crippen LogP contribution in [0.1, 0.15) is 30.5 Å². The van der Waals surface area contributed by atoms with Gasteiger partial charge in [-0.3, -0.25) is 0 Å². The second-order valence-corrected chi connectivity index (χ2v) is 5.87. The number of hydrogen-bond donors (Lipinski definition) is 1.